The van der Waals surface area contributed by atoms with E-state index in [0.717, 1.165) is 33.4 Å². The molecule has 0 heterocycles. The van der Waals surface area contributed by atoms with Crippen molar-refractivity contribution in [2.45, 2.75) is 5.41 Å². The summed E-state index contributed by atoms with van der Waals surface area (Å²) in [5, 5.41) is 20.3. The van der Waals surface area contributed by atoms with Gasteiger partial charge in [-0.05, 0) is 51.0 Å². The summed E-state index contributed by atoms with van der Waals surface area (Å²) in [7, 11) is -1.53. The highest BCUT2D eigenvalue weighted by molar-refractivity contribution is 6.58. The molecule has 1 atom stereocenters. The number of hydrogen-bond acceptors (Lipinski definition) is 2. The predicted octanol–water partition coefficient (Wildman–Crippen LogP) is 4.38. The Morgan fingerprint density at radius 2 is 1.31 bits per heavy atom. The van der Waals surface area contributed by atoms with E-state index in [4.69, 9.17) is 11.6 Å². The second-order valence-corrected chi connectivity index (χ2v) is 7.79. The lowest BCUT2D eigenvalue weighted by Crippen LogP contribution is -2.34. The van der Waals surface area contributed by atoms with E-state index in [0.29, 0.717) is 10.5 Å². The molecule has 0 fully saturated rings. The highest BCUT2D eigenvalue weighted by atomic mass is 35.5. The van der Waals surface area contributed by atoms with Gasteiger partial charge < -0.3 is 10.0 Å². The van der Waals surface area contributed by atoms with Crippen molar-refractivity contribution in [3.63, 3.8) is 0 Å². The fraction of sp³-hybridized carbons (Fsp3) is 0.0400. The fourth-order valence-corrected chi connectivity index (χ4v) is 4.83. The Hall–Kier alpha value is -2.85. The molecule has 1 aliphatic rings. The van der Waals surface area contributed by atoms with Crippen LogP contribution in [0.2, 0.25) is 5.02 Å². The summed E-state index contributed by atoms with van der Waals surface area (Å²) in [6, 6.07) is 32.3. The summed E-state index contributed by atoms with van der Waals surface area (Å²) >= 11 is 6.47. The van der Waals surface area contributed by atoms with Crippen LogP contribution in [-0.4, -0.2) is 17.2 Å². The summed E-state index contributed by atoms with van der Waals surface area (Å²) in [6.07, 6.45) is 0. The van der Waals surface area contributed by atoms with Crippen LogP contribution in [0.3, 0.4) is 0 Å². The number of hydrogen-bond donors (Lipinski definition) is 2. The van der Waals surface area contributed by atoms with Crippen LogP contribution in [0, 0.1) is 0 Å². The van der Waals surface area contributed by atoms with Gasteiger partial charge in [0.25, 0.3) is 0 Å². The van der Waals surface area contributed by atoms with Gasteiger partial charge in [-0.2, -0.15) is 0 Å². The molecule has 0 saturated heterocycles. The minimum atomic E-state index is -1.53. The van der Waals surface area contributed by atoms with E-state index in [1.807, 2.05) is 54.6 Å². The molecular weight excluding hydrogens is 379 g/mol. The fourth-order valence-electron chi connectivity index (χ4n) is 4.66. The summed E-state index contributed by atoms with van der Waals surface area (Å²) in [4.78, 5) is 0. The Morgan fingerprint density at radius 3 is 2.10 bits per heavy atom. The van der Waals surface area contributed by atoms with Gasteiger partial charge in [-0.3, -0.25) is 0 Å². The molecule has 2 N–H and O–H groups in total. The third-order valence-electron chi connectivity index (χ3n) is 5.83. The average molecular weight is 397 g/mol. The van der Waals surface area contributed by atoms with Gasteiger partial charge in [0.2, 0.25) is 0 Å². The van der Waals surface area contributed by atoms with E-state index in [1.165, 1.54) is 0 Å². The van der Waals surface area contributed by atoms with Crippen LogP contribution in [-0.2, 0) is 5.41 Å². The molecule has 4 heteroatoms. The lowest BCUT2D eigenvalue weighted by Gasteiger charge is -2.34. The first-order valence-corrected chi connectivity index (χ1v) is 9.92. The normalized spacial score (nSPS) is 16.9. The highest BCUT2D eigenvalue weighted by Crippen LogP contribution is 2.56. The Kier molecular flexibility index (Phi) is 4.32. The average Bonchev–Trinajstić information content (AvgIpc) is 3.05. The van der Waals surface area contributed by atoms with Gasteiger partial charge >= 0.3 is 7.12 Å². The van der Waals surface area contributed by atoms with Crippen LogP contribution >= 0.6 is 11.6 Å². The molecule has 0 radical (unpaired) electrons. The third kappa shape index (κ3) is 2.66. The van der Waals surface area contributed by atoms with Gasteiger partial charge in [0.05, 0.1) is 5.41 Å². The third-order valence-corrected chi connectivity index (χ3v) is 6.07. The van der Waals surface area contributed by atoms with Crippen molar-refractivity contribution in [3.05, 3.63) is 124 Å². The molecule has 0 amide bonds. The summed E-state index contributed by atoms with van der Waals surface area (Å²) in [6.45, 7) is 0. The maximum Gasteiger partial charge on any atom is 0.488 e. The van der Waals surface area contributed by atoms with E-state index >= 15 is 0 Å². The molecule has 5 rings (SSSR count). The van der Waals surface area contributed by atoms with Crippen molar-refractivity contribution in [1.82, 2.24) is 0 Å². The number of fused-ring (bicyclic) bond motifs is 3. The molecule has 0 spiro atoms. The molecular formula is C25H18BClO2. The Bertz CT molecular complexity index is 1210. The zero-order valence-corrected chi connectivity index (χ0v) is 16.3. The molecule has 0 bridgehead atoms. The van der Waals surface area contributed by atoms with Crippen LogP contribution in [0.4, 0.5) is 0 Å². The Morgan fingerprint density at radius 1 is 0.621 bits per heavy atom. The summed E-state index contributed by atoms with van der Waals surface area (Å²) in [5.74, 6) is 0. The molecule has 0 saturated carbocycles. The second-order valence-electron chi connectivity index (χ2n) is 7.35. The molecule has 4 aromatic carbocycles. The smallest absolute Gasteiger partial charge is 0.423 e. The topological polar surface area (TPSA) is 40.5 Å². The lowest BCUT2D eigenvalue weighted by atomic mass is 9.66. The molecule has 0 aromatic heterocycles. The standard InChI is InChI=1S/C25H18BClO2/c27-20-13-14-22-21-11-4-5-12-23(21)25(24(22)16-20,17-7-2-1-3-8-17)18-9-6-10-19(15-18)26(28)29/h1-16,28-29H. The van der Waals surface area contributed by atoms with Crippen LogP contribution in [0.1, 0.15) is 22.3 Å². The van der Waals surface area contributed by atoms with E-state index in [1.54, 1.807) is 6.07 Å². The quantitative estimate of drug-likeness (QED) is 0.444. The van der Waals surface area contributed by atoms with E-state index in [-0.39, 0.29) is 0 Å². The zero-order chi connectivity index (χ0) is 20.0. The van der Waals surface area contributed by atoms with Crippen LogP contribution in [0.25, 0.3) is 11.1 Å². The van der Waals surface area contributed by atoms with Gasteiger partial charge in [0.15, 0.2) is 0 Å². The van der Waals surface area contributed by atoms with Crippen LogP contribution in [0.15, 0.2) is 97.1 Å². The Balaban J connectivity index is 1.95. The first-order valence-electron chi connectivity index (χ1n) is 9.54. The van der Waals surface area contributed by atoms with Crippen molar-refractivity contribution in [2.24, 2.45) is 0 Å². The van der Waals surface area contributed by atoms with Crippen molar-refractivity contribution in [2.75, 3.05) is 0 Å². The van der Waals surface area contributed by atoms with Crippen molar-refractivity contribution in [1.29, 1.82) is 0 Å². The summed E-state index contributed by atoms with van der Waals surface area (Å²) in [5.41, 5.74) is 6.52. The molecule has 140 valence electrons. The van der Waals surface area contributed by atoms with Crippen molar-refractivity contribution < 1.29 is 10.0 Å². The van der Waals surface area contributed by atoms with Gasteiger partial charge in [-0.25, -0.2) is 0 Å². The highest BCUT2D eigenvalue weighted by Gasteiger charge is 2.46. The molecule has 2 nitrogen and oxygen atoms in total. The van der Waals surface area contributed by atoms with E-state index in [2.05, 4.69) is 36.4 Å². The molecule has 4 aromatic rings. The zero-order valence-electron chi connectivity index (χ0n) is 15.6. The molecule has 1 unspecified atom stereocenters. The van der Waals surface area contributed by atoms with Gasteiger partial charge in [0, 0.05) is 5.02 Å². The second kappa shape index (κ2) is 6.89. The van der Waals surface area contributed by atoms with Crippen molar-refractivity contribution in [3.8, 4) is 11.1 Å². The number of benzene rings is 4. The van der Waals surface area contributed by atoms with E-state index in [9.17, 15) is 10.0 Å². The summed E-state index contributed by atoms with van der Waals surface area (Å²) < 4.78 is 0. The minimum Gasteiger partial charge on any atom is -0.423 e. The SMILES string of the molecule is OB(O)c1cccc(C2(c3ccccc3)c3ccccc3-c3ccc(Cl)cc32)c1. The molecule has 1 aliphatic carbocycles. The van der Waals surface area contributed by atoms with Gasteiger partial charge in [0.1, 0.15) is 0 Å². The maximum atomic E-state index is 9.81. The van der Waals surface area contributed by atoms with Gasteiger partial charge in [-0.1, -0.05) is 96.5 Å². The van der Waals surface area contributed by atoms with Crippen molar-refractivity contribution >= 4 is 24.2 Å². The first kappa shape index (κ1) is 18.2. The van der Waals surface area contributed by atoms with Gasteiger partial charge in [-0.15, -0.1) is 0 Å². The van der Waals surface area contributed by atoms with Crippen LogP contribution in [0.5, 0.6) is 0 Å². The largest absolute Gasteiger partial charge is 0.488 e. The number of rotatable bonds is 3. The van der Waals surface area contributed by atoms with Crippen LogP contribution < -0.4 is 5.46 Å². The monoisotopic (exact) mass is 396 g/mol. The van der Waals surface area contributed by atoms with E-state index < -0.39 is 12.5 Å². The molecule has 29 heavy (non-hydrogen) atoms. The lowest BCUT2D eigenvalue weighted by molar-refractivity contribution is 0.425. The predicted molar refractivity (Wildman–Crippen MR) is 119 cm³/mol. The molecule has 0 aliphatic heterocycles. The Labute approximate surface area is 175 Å². The minimum absolute atomic E-state index is 0.464. The first-order chi connectivity index (χ1) is 14.1. The number of halogens is 1. The maximum absolute atomic E-state index is 9.81.